The maximum Gasteiger partial charge on any atom is 0.312 e. The number of ketones is 2. The van der Waals surface area contributed by atoms with Gasteiger partial charge in [0.15, 0.2) is 5.78 Å². The van der Waals surface area contributed by atoms with Crippen molar-refractivity contribution >= 4 is 41.3 Å². The van der Waals surface area contributed by atoms with Crippen LogP contribution in [0.2, 0.25) is 0 Å². The third-order valence-corrected chi connectivity index (χ3v) is 8.53. The van der Waals surface area contributed by atoms with Crippen molar-refractivity contribution in [1.29, 1.82) is 0 Å². The van der Waals surface area contributed by atoms with Crippen LogP contribution in [0.3, 0.4) is 0 Å². The second-order valence-corrected chi connectivity index (χ2v) is 13.1. The number of imide groups is 1. The average molecular weight is 657 g/mol. The molecule has 0 radical (unpaired) electrons. The number of urea groups is 1. The summed E-state index contributed by atoms with van der Waals surface area (Å²) in [6.45, 7) is 9.65. The number of amides is 5. The summed E-state index contributed by atoms with van der Waals surface area (Å²) in [7, 11) is 0. The summed E-state index contributed by atoms with van der Waals surface area (Å²) in [6, 6.07) is 5.56. The van der Waals surface area contributed by atoms with Gasteiger partial charge >= 0.3 is 12.0 Å². The lowest BCUT2D eigenvalue weighted by molar-refractivity contribution is -0.142. The fourth-order valence-electron chi connectivity index (χ4n) is 5.58. The summed E-state index contributed by atoms with van der Waals surface area (Å²) in [4.78, 5) is 88.0. The molecule has 1 aliphatic heterocycles. The number of carbonyl (C=O) groups excluding carboxylic acids is 7. The highest BCUT2D eigenvalue weighted by atomic mass is 16.5. The third kappa shape index (κ3) is 13.7. The zero-order chi connectivity index (χ0) is 35.1. The highest BCUT2D eigenvalue weighted by Gasteiger charge is 2.39. The van der Waals surface area contributed by atoms with Crippen molar-refractivity contribution in [2.75, 3.05) is 13.1 Å². The molecule has 1 heterocycles. The minimum atomic E-state index is -0.833. The number of unbranched alkanes of at least 4 members (excludes halogenated alkanes) is 2. The first-order valence-electron chi connectivity index (χ1n) is 16.6. The van der Waals surface area contributed by atoms with Crippen LogP contribution in [0.4, 0.5) is 4.79 Å². The predicted molar refractivity (Wildman–Crippen MR) is 175 cm³/mol. The number of hydrogen-bond acceptors (Lipinski definition) is 8. The van der Waals surface area contributed by atoms with E-state index in [2.05, 4.69) is 10.6 Å². The Labute approximate surface area is 277 Å². The number of carbonyl (C=O) groups is 7. The van der Waals surface area contributed by atoms with Crippen LogP contribution in [0.25, 0.3) is 0 Å². The smallest absolute Gasteiger partial charge is 0.312 e. The Morgan fingerprint density at radius 1 is 0.957 bits per heavy atom. The van der Waals surface area contributed by atoms with E-state index in [-0.39, 0.29) is 98.3 Å². The average Bonchev–Trinajstić information content (AvgIpc) is 3.29. The van der Waals surface area contributed by atoms with E-state index >= 15 is 0 Å². The normalized spacial score (nSPS) is 15.9. The van der Waals surface area contributed by atoms with E-state index < -0.39 is 18.0 Å². The molecule has 0 bridgehead atoms. The highest BCUT2D eigenvalue weighted by molar-refractivity contribution is 6.03. The van der Waals surface area contributed by atoms with Crippen molar-refractivity contribution in [3.63, 3.8) is 0 Å². The molecule has 47 heavy (non-hydrogen) atoms. The third-order valence-electron chi connectivity index (χ3n) is 8.53. The second-order valence-electron chi connectivity index (χ2n) is 13.1. The minimum absolute atomic E-state index is 0.0383. The van der Waals surface area contributed by atoms with E-state index in [1.807, 2.05) is 27.7 Å². The monoisotopic (exact) mass is 656 g/mol. The molecule has 260 valence electrons. The molecule has 12 nitrogen and oxygen atoms in total. The number of nitrogens with two attached hydrogens (primary N) is 1. The van der Waals surface area contributed by atoms with Crippen molar-refractivity contribution in [3.8, 4) is 0 Å². The number of hydrogen-bond donors (Lipinski definition) is 3. The van der Waals surface area contributed by atoms with E-state index in [4.69, 9.17) is 10.5 Å². The Bertz CT molecular complexity index is 1260. The number of esters is 1. The number of primary amides is 1. The fraction of sp³-hybridized carbons (Fsp3) is 0.629. The molecule has 4 N–H and O–H groups in total. The van der Waals surface area contributed by atoms with Gasteiger partial charge in [0, 0.05) is 57.5 Å². The van der Waals surface area contributed by atoms with Gasteiger partial charge in [-0.05, 0) is 48.6 Å². The van der Waals surface area contributed by atoms with Gasteiger partial charge in [-0.25, -0.2) is 4.79 Å². The fourth-order valence-corrected chi connectivity index (χ4v) is 5.58. The van der Waals surface area contributed by atoms with Gasteiger partial charge in [0.2, 0.25) is 17.7 Å². The van der Waals surface area contributed by atoms with Gasteiger partial charge in [0.05, 0.1) is 6.04 Å². The molecule has 0 aliphatic carbocycles. The Hall–Kier alpha value is -4.09. The van der Waals surface area contributed by atoms with Gasteiger partial charge in [-0.1, -0.05) is 58.4 Å². The van der Waals surface area contributed by atoms with Crippen LogP contribution in [-0.4, -0.2) is 65.3 Å². The van der Waals surface area contributed by atoms with Gasteiger partial charge < -0.3 is 21.1 Å². The molecular weight excluding hydrogens is 604 g/mol. The van der Waals surface area contributed by atoms with Gasteiger partial charge in [-0.15, -0.1) is 0 Å². The summed E-state index contributed by atoms with van der Waals surface area (Å²) < 4.78 is 5.00. The Balaban J connectivity index is 1.93. The number of nitrogens with one attached hydrogen (secondary N) is 2. The second kappa shape index (κ2) is 19.5. The summed E-state index contributed by atoms with van der Waals surface area (Å²) in [6.07, 6.45) is 3.19. The first-order chi connectivity index (χ1) is 22.2. The maximum absolute atomic E-state index is 13.4. The van der Waals surface area contributed by atoms with E-state index in [0.29, 0.717) is 32.2 Å². The van der Waals surface area contributed by atoms with Crippen molar-refractivity contribution in [2.45, 2.75) is 105 Å². The van der Waals surface area contributed by atoms with Gasteiger partial charge in [-0.3, -0.25) is 33.7 Å². The molecule has 1 fully saturated rings. The highest BCUT2D eigenvalue weighted by Crippen LogP contribution is 2.27. The summed E-state index contributed by atoms with van der Waals surface area (Å²) in [5, 5.41) is 5.36. The number of benzene rings is 1. The molecule has 1 unspecified atom stereocenters. The Morgan fingerprint density at radius 3 is 2.19 bits per heavy atom. The van der Waals surface area contributed by atoms with Crippen LogP contribution < -0.4 is 16.4 Å². The van der Waals surface area contributed by atoms with E-state index in [1.165, 1.54) is 11.8 Å². The molecule has 12 heteroatoms. The number of nitrogens with zero attached hydrogens (tertiary/aromatic N) is 1. The lowest BCUT2D eigenvalue weighted by atomic mass is 9.88. The summed E-state index contributed by atoms with van der Waals surface area (Å²) in [5.41, 5.74) is 6.66. The number of ether oxygens (including phenoxy) is 1. The van der Waals surface area contributed by atoms with E-state index in [9.17, 15) is 33.6 Å². The number of rotatable bonds is 21. The maximum atomic E-state index is 13.4. The van der Waals surface area contributed by atoms with E-state index in [0.717, 1.165) is 11.1 Å². The van der Waals surface area contributed by atoms with Crippen LogP contribution in [0, 0.1) is 23.7 Å². The van der Waals surface area contributed by atoms with Crippen molar-refractivity contribution in [1.82, 2.24) is 15.5 Å². The lowest BCUT2D eigenvalue weighted by Gasteiger charge is -2.24. The summed E-state index contributed by atoms with van der Waals surface area (Å²) >= 11 is 0. The van der Waals surface area contributed by atoms with Crippen LogP contribution in [-0.2, 0) is 46.5 Å². The number of Topliss-reactive ketones (excluding diaryl/α,β-unsaturated/α-hetero) is 2. The first-order valence-corrected chi connectivity index (χ1v) is 16.6. The topological polar surface area (TPSA) is 182 Å². The van der Waals surface area contributed by atoms with Crippen LogP contribution >= 0.6 is 0 Å². The SMILES string of the molecule is CC(=O)OCc1ccc(CC(=O)[C@H](CCCNC(N)=O)NC(=O)[C@@H](CC(=O)CCCCCN2C(=O)CC(C(C)C)C2=O)C(C)C)cc1. The number of likely N-dealkylation sites (tertiary alicyclic amines) is 1. The standard InChI is InChI=1S/C35H52N4O8/c1-22(2)28(19-27(41)10-7-6-8-17-39-32(43)20-29(23(3)4)34(39)45)33(44)38-30(11-9-16-37-35(36)46)31(42)18-25-12-14-26(15-13-25)21-47-24(5)40/h12-15,22-23,28-30H,6-11,16-21H2,1-5H3,(H,38,44)(H3,36,37,46)/t28-,29?,30-/m0/s1. The first kappa shape index (κ1) is 39.1. The Kier molecular flexibility index (Phi) is 16.3. The van der Waals surface area contributed by atoms with Crippen LogP contribution in [0.1, 0.15) is 97.1 Å². The van der Waals surface area contributed by atoms with Crippen molar-refractivity contribution in [2.24, 2.45) is 29.4 Å². The van der Waals surface area contributed by atoms with Crippen molar-refractivity contribution in [3.05, 3.63) is 35.4 Å². The molecule has 3 atom stereocenters. The molecule has 1 saturated heterocycles. The zero-order valence-electron chi connectivity index (χ0n) is 28.5. The molecule has 1 aromatic carbocycles. The lowest BCUT2D eigenvalue weighted by Crippen LogP contribution is -2.46. The predicted octanol–water partition coefficient (Wildman–Crippen LogP) is 3.62. The van der Waals surface area contributed by atoms with Gasteiger partial charge in [0.1, 0.15) is 12.4 Å². The molecule has 0 spiro atoms. The minimum Gasteiger partial charge on any atom is -0.461 e. The quantitative estimate of drug-likeness (QED) is 0.102. The molecule has 1 aliphatic rings. The van der Waals surface area contributed by atoms with Gasteiger partial charge in [0.25, 0.3) is 0 Å². The molecule has 0 saturated carbocycles. The molecular formula is C35H52N4O8. The van der Waals surface area contributed by atoms with E-state index in [1.54, 1.807) is 24.3 Å². The Morgan fingerprint density at radius 2 is 1.62 bits per heavy atom. The van der Waals surface area contributed by atoms with Crippen molar-refractivity contribution < 1.29 is 38.3 Å². The molecule has 0 aromatic heterocycles. The largest absolute Gasteiger partial charge is 0.461 e. The zero-order valence-corrected chi connectivity index (χ0v) is 28.5. The van der Waals surface area contributed by atoms with Crippen LogP contribution in [0.15, 0.2) is 24.3 Å². The van der Waals surface area contributed by atoms with Gasteiger partial charge in [-0.2, -0.15) is 0 Å². The molecule has 5 amide bonds. The molecule has 2 rings (SSSR count). The summed E-state index contributed by atoms with van der Waals surface area (Å²) in [5.74, 6) is -2.21. The van der Waals surface area contributed by atoms with Crippen LogP contribution in [0.5, 0.6) is 0 Å². The molecule has 1 aromatic rings.